The fraction of sp³-hybridized carbons (Fsp3) is 0.0952. The highest BCUT2D eigenvalue weighted by Gasteiger charge is 2.26. The van der Waals surface area contributed by atoms with Crippen LogP contribution in [0.1, 0.15) is 23.0 Å². The van der Waals surface area contributed by atoms with Gasteiger partial charge in [0.25, 0.3) is 10.0 Å². The maximum Gasteiger partial charge on any atom is 0.284 e. The van der Waals surface area contributed by atoms with Crippen molar-refractivity contribution < 1.29 is 17.5 Å². The average molecular weight is 450 g/mol. The number of furan rings is 1. The molecule has 0 amide bonds. The Morgan fingerprint density at radius 3 is 2.59 bits per heavy atom. The zero-order valence-electron chi connectivity index (χ0n) is 16.6. The minimum atomic E-state index is -4.00. The Kier molecular flexibility index (Phi) is 4.96. The molecule has 0 bridgehead atoms. The summed E-state index contributed by atoms with van der Waals surface area (Å²) < 4.78 is 38.3. The number of aromatic nitrogens is 2. The zero-order valence-corrected chi connectivity index (χ0v) is 17.4. The van der Waals surface area contributed by atoms with Gasteiger partial charge in [-0.05, 0) is 41.1 Å². The highest BCUT2D eigenvalue weighted by atomic mass is 32.2. The lowest BCUT2D eigenvalue weighted by atomic mass is 10.1. The van der Waals surface area contributed by atoms with Crippen LogP contribution in [-0.4, -0.2) is 25.1 Å². The fourth-order valence-corrected chi connectivity index (χ4v) is 4.50. The molecule has 2 aromatic carbocycles. The summed E-state index contributed by atoms with van der Waals surface area (Å²) in [5.74, 6) is 0.477. The van der Waals surface area contributed by atoms with E-state index in [0.717, 1.165) is 16.8 Å². The molecule has 162 valence electrons. The highest BCUT2D eigenvalue weighted by Crippen LogP contribution is 2.34. The second-order valence-electron chi connectivity index (χ2n) is 7.11. The molecule has 10 nitrogen and oxygen atoms in total. The largest absolute Gasteiger partial charge is 0.446 e. The Hall–Kier alpha value is -3.96. The molecule has 0 radical (unpaired) electrons. The van der Waals surface area contributed by atoms with Crippen molar-refractivity contribution in [3.05, 3.63) is 83.7 Å². The zero-order chi connectivity index (χ0) is 22.1. The van der Waals surface area contributed by atoms with Gasteiger partial charge in [0.2, 0.25) is 10.9 Å². The van der Waals surface area contributed by atoms with Gasteiger partial charge >= 0.3 is 0 Å². The van der Waals surface area contributed by atoms with Crippen LogP contribution in [0.5, 0.6) is 0 Å². The number of fused-ring (bicyclic) bond motifs is 1. The van der Waals surface area contributed by atoms with Crippen LogP contribution in [0.3, 0.4) is 0 Å². The normalized spacial score (nSPS) is 15.5. The quantitative estimate of drug-likeness (QED) is 0.456. The Morgan fingerprint density at radius 1 is 1.03 bits per heavy atom. The summed E-state index contributed by atoms with van der Waals surface area (Å²) in [6, 6.07) is 17.9. The highest BCUT2D eigenvalue weighted by molar-refractivity contribution is 7.92. The molecule has 1 aliphatic rings. The molecule has 11 heteroatoms. The van der Waals surface area contributed by atoms with Crippen LogP contribution in [0.2, 0.25) is 0 Å². The molecule has 3 N–H and O–H groups in total. The smallest absolute Gasteiger partial charge is 0.284 e. The molecule has 2 aromatic heterocycles. The maximum absolute atomic E-state index is 12.9. The first-order chi connectivity index (χ1) is 15.5. The number of anilines is 2. The van der Waals surface area contributed by atoms with Gasteiger partial charge in [0, 0.05) is 17.8 Å². The minimum absolute atomic E-state index is 0.228. The number of benzene rings is 2. The predicted octanol–water partition coefficient (Wildman–Crippen LogP) is 3.19. The van der Waals surface area contributed by atoms with Gasteiger partial charge in [-0.3, -0.25) is 4.72 Å². The number of nitrogens with one attached hydrogen (secondary N) is 1. The van der Waals surface area contributed by atoms with E-state index in [1.165, 1.54) is 6.26 Å². The summed E-state index contributed by atoms with van der Waals surface area (Å²) in [5, 5.41) is 7.13. The number of hydrogen-bond acceptors (Lipinski definition) is 9. The standard InChI is InChI=1S/C21H18N6O4S/c22-19-17-10-11-30-20(17)23-13-27(19)16-8-6-15(7-9-16)26-32(28,29)21-18(24-31-25-21)12-14-4-2-1-3-5-14/h1-11,13,19,26H,12,22H2. The Morgan fingerprint density at radius 2 is 1.81 bits per heavy atom. The second-order valence-corrected chi connectivity index (χ2v) is 8.71. The van der Waals surface area contributed by atoms with Crippen molar-refractivity contribution >= 4 is 33.6 Å². The number of rotatable bonds is 6. The summed E-state index contributed by atoms with van der Waals surface area (Å²) in [4.78, 5) is 6.00. The van der Waals surface area contributed by atoms with Crippen LogP contribution >= 0.6 is 0 Å². The second kappa shape index (κ2) is 7.94. The third-order valence-corrected chi connectivity index (χ3v) is 6.32. The number of aliphatic imine (C=N–C) groups is 1. The van der Waals surface area contributed by atoms with Crippen LogP contribution in [0.15, 0.2) is 86.0 Å². The minimum Gasteiger partial charge on any atom is -0.446 e. The van der Waals surface area contributed by atoms with E-state index in [1.807, 2.05) is 30.3 Å². The van der Waals surface area contributed by atoms with Crippen molar-refractivity contribution in [1.29, 1.82) is 0 Å². The SMILES string of the molecule is NC1c2ccoc2N=CN1c1ccc(NS(=O)(=O)c2nonc2Cc2ccccc2)cc1. The predicted molar refractivity (Wildman–Crippen MR) is 117 cm³/mol. The molecular formula is C21H18N6O4S. The van der Waals surface area contributed by atoms with Crippen LogP contribution < -0.4 is 15.4 Å². The Bertz CT molecular complexity index is 1360. The van der Waals surface area contributed by atoms with Crippen LogP contribution in [-0.2, 0) is 16.4 Å². The van der Waals surface area contributed by atoms with Gasteiger partial charge in [0.15, 0.2) is 0 Å². The first-order valence-corrected chi connectivity index (χ1v) is 11.1. The van der Waals surface area contributed by atoms with E-state index < -0.39 is 16.2 Å². The topological polar surface area (TPSA) is 140 Å². The van der Waals surface area contributed by atoms with Gasteiger partial charge in [-0.15, -0.1) is 0 Å². The molecule has 4 aromatic rings. The molecule has 5 rings (SSSR count). The molecule has 0 fully saturated rings. The van der Waals surface area contributed by atoms with Crippen molar-refractivity contribution in [2.24, 2.45) is 10.7 Å². The van der Waals surface area contributed by atoms with Gasteiger partial charge in [0.05, 0.1) is 11.8 Å². The molecule has 1 aliphatic heterocycles. The van der Waals surface area contributed by atoms with Gasteiger partial charge in [0.1, 0.15) is 18.2 Å². The van der Waals surface area contributed by atoms with E-state index in [1.54, 1.807) is 41.6 Å². The Balaban J connectivity index is 1.33. The van der Waals surface area contributed by atoms with Crippen LogP contribution in [0, 0.1) is 0 Å². The molecule has 0 aliphatic carbocycles. The lowest BCUT2D eigenvalue weighted by Gasteiger charge is -2.29. The molecule has 3 heterocycles. The van der Waals surface area contributed by atoms with Gasteiger partial charge in [-0.1, -0.05) is 35.5 Å². The molecule has 1 unspecified atom stereocenters. The van der Waals surface area contributed by atoms with Crippen molar-refractivity contribution in [2.75, 3.05) is 9.62 Å². The third-order valence-electron chi connectivity index (χ3n) is 5.00. The summed E-state index contributed by atoms with van der Waals surface area (Å²) in [5.41, 5.74) is 9.27. The first kappa shape index (κ1) is 20.0. The van der Waals surface area contributed by atoms with E-state index in [2.05, 4.69) is 20.0 Å². The maximum atomic E-state index is 12.9. The molecule has 0 saturated heterocycles. The van der Waals surface area contributed by atoms with E-state index in [9.17, 15) is 8.42 Å². The number of hydrogen-bond donors (Lipinski definition) is 2. The molecule has 0 saturated carbocycles. The molecular weight excluding hydrogens is 432 g/mol. The molecule has 0 spiro atoms. The first-order valence-electron chi connectivity index (χ1n) is 9.65. The van der Waals surface area contributed by atoms with E-state index in [-0.39, 0.29) is 17.1 Å². The van der Waals surface area contributed by atoms with Crippen molar-refractivity contribution in [3.63, 3.8) is 0 Å². The number of nitrogens with zero attached hydrogens (tertiary/aromatic N) is 4. The van der Waals surface area contributed by atoms with Crippen molar-refractivity contribution in [1.82, 2.24) is 10.3 Å². The van der Waals surface area contributed by atoms with E-state index >= 15 is 0 Å². The molecule has 1 atom stereocenters. The van der Waals surface area contributed by atoms with Crippen molar-refractivity contribution in [3.8, 4) is 0 Å². The summed E-state index contributed by atoms with van der Waals surface area (Å²) in [6.07, 6.45) is 2.92. The lowest BCUT2D eigenvalue weighted by Crippen LogP contribution is -2.35. The average Bonchev–Trinajstić information content (AvgIpc) is 3.46. The third kappa shape index (κ3) is 3.74. The van der Waals surface area contributed by atoms with Gasteiger partial charge < -0.3 is 15.1 Å². The van der Waals surface area contributed by atoms with Crippen molar-refractivity contribution in [2.45, 2.75) is 17.6 Å². The number of sulfonamides is 1. The monoisotopic (exact) mass is 450 g/mol. The Labute approximate surface area is 183 Å². The fourth-order valence-electron chi connectivity index (χ4n) is 3.41. The van der Waals surface area contributed by atoms with Crippen LogP contribution in [0.25, 0.3) is 0 Å². The summed E-state index contributed by atoms with van der Waals surface area (Å²) in [7, 11) is -4.00. The van der Waals surface area contributed by atoms with Gasteiger partial charge in [-0.2, -0.15) is 8.42 Å². The summed E-state index contributed by atoms with van der Waals surface area (Å²) >= 11 is 0. The lowest BCUT2D eigenvalue weighted by molar-refractivity contribution is 0.295. The number of nitrogens with two attached hydrogens (primary N) is 1. The molecule has 32 heavy (non-hydrogen) atoms. The summed E-state index contributed by atoms with van der Waals surface area (Å²) in [6.45, 7) is 0. The van der Waals surface area contributed by atoms with E-state index in [0.29, 0.717) is 11.6 Å². The van der Waals surface area contributed by atoms with Gasteiger partial charge in [-0.25, -0.2) is 9.62 Å². The van der Waals surface area contributed by atoms with E-state index in [4.69, 9.17) is 14.8 Å². The van der Waals surface area contributed by atoms with Crippen LogP contribution in [0.4, 0.5) is 17.3 Å².